The van der Waals surface area contributed by atoms with Gasteiger partial charge in [0.25, 0.3) is 0 Å². The van der Waals surface area contributed by atoms with E-state index in [1.807, 2.05) is 48.2 Å². The Labute approximate surface area is 170 Å². The number of anilines is 2. The first-order valence-corrected chi connectivity index (χ1v) is 9.96. The van der Waals surface area contributed by atoms with E-state index in [-0.39, 0.29) is 24.2 Å². The summed E-state index contributed by atoms with van der Waals surface area (Å²) in [5.41, 5.74) is 1.79. The smallest absolute Gasteiger partial charge is 0.228 e. The maximum atomic E-state index is 13.1. The molecule has 152 valence electrons. The van der Waals surface area contributed by atoms with Crippen LogP contribution in [0.3, 0.4) is 0 Å². The molecule has 3 heterocycles. The van der Waals surface area contributed by atoms with Gasteiger partial charge in [0.1, 0.15) is 11.6 Å². The highest BCUT2D eigenvalue weighted by atomic mass is 16.5. The van der Waals surface area contributed by atoms with Gasteiger partial charge in [-0.15, -0.1) is 0 Å². The largest absolute Gasteiger partial charge is 0.495 e. The van der Waals surface area contributed by atoms with Crippen LogP contribution in [-0.4, -0.2) is 61.5 Å². The molecule has 1 atom stereocenters. The van der Waals surface area contributed by atoms with E-state index in [0.717, 1.165) is 30.2 Å². The maximum Gasteiger partial charge on any atom is 0.228 e. The van der Waals surface area contributed by atoms with E-state index in [4.69, 9.17) is 4.74 Å². The molecule has 2 saturated heterocycles. The van der Waals surface area contributed by atoms with Crippen molar-refractivity contribution in [3.63, 3.8) is 0 Å². The number of hydrogen-bond donors (Lipinski definition) is 0. The van der Waals surface area contributed by atoms with Crippen LogP contribution >= 0.6 is 0 Å². The lowest BCUT2D eigenvalue weighted by Crippen LogP contribution is -2.51. The number of benzene rings is 1. The van der Waals surface area contributed by atoms with Gasteiger partial charge in [0.15, 0.2) is 0 Å². The Kier molecular flexibility index (Phi) is 5.38. The van der Waals surface area contributed by atoms with Gasteiger partial charge >= 0.3 is 0 Å². The van der Waals surface area contributed by atoms with Gasteiger partial charge in [0, 0.05) is 45.3 Å². The molecule has 0 spiro atoms. The van der Waals surface area contributed by atoms with Crippen LogP contribution in [0.1, 0.15) is 12.0 Å². The Morgan fingerprint density at radius 3 is 2.62 bits per heavy atom. The van der Waals surface area contributed by atoms with Crippen LogP contribution in [-0.2, 0) is 9.59 Å². The molecule has 1 unspecified atom stereocenters. The van der Waals surface area contributed by atoms with E-state index in [2.05, 4.69) is 9.88 Å². The zero-order valence-electron chi connectivity index (χ0n) is 16.9. The fourth-order valence-corrected chi connectivity index (χ4v) is 4.07. The van der Waals surface area contributed by atoms with E-state index in [1.165, 1.54) is 0 Å². The van der Waals surface area contributed by atoms with Crippen molar-refractivity contribution in [3.05, 3.63) is 48.2 Å². The molecule has 29 heavy (non-hydrogen) atoms. The molecular formula is C22H26N4O3. The van der Waals surface area contributed by atoms with Crippen molar-refractivity contribution in [1.29, 1.82) is 0 Å². The first-order chi connectivity index (χ1) is 14.1. The summed E-state index contributed by atoms with van der Waals surface area (Å²) >= 11 is 0. The summed E-state index contributed by atoms with van der Waals surface area (Å²) < 4.78 is 5.43. The summed E-state index contributed by atoms with van der Waals surface area (Å²) in [6, 6.07) is 11.6. The van der Waals surface area contributed by atoms with Crippen molar-refractivity contribution >= 4 is 23.3 Å². The number of methoxy groups -OCH3 is 1. The molecule has 0 saturated carbocycles. The fraction of sp³-hybridized carbons (Fsp3) is 0.409. The highest BCUT2D eigenvalue weighted by Crippen LogP contribution is 2.34. The molecule has 7 nitrogen and oxygen atoms in total. The van der Waals surface area contributed by atoms with Gasteiger partial charge in [0.05, 0.1) is 18.7 Å². The molecule has 4 rings (SSSR count). The summed E-state index contributed by atoms with van der Waals surface area (Å²) in [6.07, 6.45) is 2.03. The van der Waals surface area contributed by atoms with Crippen molar-refractivity contribution in [2.75, 3.05) is 49.6 Å². The van der Waals surface area contributed by atoms with Crippen LogP contribution in [0.25, 0.3) is 0 Å². The SMILES string of the molecule is COc1ccc(C)cc1N1CC(C(=O)N2CCN(c3ccccn3)CC2)CC1=O. The van der Waals surface area contributed by atoms with Gasteiger partial charge in [-0.1, -0.05) is 12.1 Å². The molecule has 0 N–H and O–H groups in total. The number of amides is 2. The van der Waals surface area contributed by atoms with E-state index in [9.17, 15) is 9.59 Å². The highest BCUT2D eigenvalue weighted by Gasteiger charge is 2.38. The lowest BCUT2D eigenvalue weighted by Gasteiger charge is -2.36. The first-order valence-electron chi connectivity index (χ1n) is 9.96. The topological polar surface area (TPSA) is 66.0 Å². The van der Waals surface area contributed by atoms with E-state index < -0.39 is 0 Å². The summed E-state index contributed by atoms with van der Waals surface area (Å²) in [5.74, 6) is 1.32. The second-order valence-electron chi connectivity index (χ2n) is 7.58. The monoisotopic (exact) mass is 394 g/mol. The number of nitrogens with zero attached hydrogens (tertiary/aromatic N) is 4. The molecule has 1 aromatic carbocycles. The normalized spacial score (nSPS) is 19.6. The fourth-order valence-electron chi connectivity index (χ4n) is 4.07. The predicted octanol–water partition coefficient (Wildman–Crippen LogP) is 2.10. The third-order valence-corrected chi connectivity index (χ3v) is 5.66. The van der Waals surface area contributed by atoms with Crippen molar-refractivity contribution < 1.29 is 14.3 Å². The van der Waals surface area contributed by atoms with Crippen LogP contribution in [0.4, 0.5) is 11.5 Å². The molecule has 2 fully saturated rings. The zero-order valence-corrected chi connectivity index (χ0v) is 16.9. The molecule has 0 bridgehead atoms. The Morgan fingerprint density at radius 2 is 1.93 bits per heavy atom. The standard InChI is InChI=1S/C22H26N4O3/c1-16-6-7-19(29-2)18(13-16)26-15-17(14-21(26)27)22(28)25-11-9-24(10-12-25)20-5-3-4-8-23-20/h3-8,13,17H,9-12,14-15H2,1-2H3. The number of pyridine rings is 1. The summed E-state index contributed by atoms with van der Waals surface area (Å²) in [6.45, 7) is 5.17. The van der Waals surface area contributed by atoms with E-state index >= 15 is 0 Å². The quantitative estimate of drug-likeness (QED) is 0.795. The molecule has 2 aromatic rings. The maximum absolute atomic E-state index is 13.1. The average molecular weight is 394 g/mol. The number of carbonyl (C=O) groups excluding carboxylic acids is 2. The number of aromatic nitrogens is 1. The Hall–Kier alpha value is -3.09. The molecule has 2 aliphatic rings. The number of piperazine rings is 1. The number of rotatable bonds is 4. The average Bonchev–Trinajstić information content (AvgIpc) is 3.15. The third-order valence-electron chi connectivity index (χ3n) is 5.66. The molecule has 2 aliphatic heterocycles. The summed E-state index contributed by atoms with van der Waals surface area (Å²) in [7, 11) is 1.60. The van der Waals surface area contributed by atoms with Gasteiger partial charge in [-0.05, 0) is 36.8 Å². The molecular weight excluding hydrogens is 368 g/mol. The molecule has 0 aliphatic carbocycles. The zero-order chi connectivity index (χ0) is 20.4. The Bertz CT molecular complexity index is 894. The second kappa shape index (κ2) is 8.11. The predicted molar refractivity (Wildman–Crippen MR) is 111 cm³/mol. The number of ether oxygens (including phenoxy) is 1. The van der Waals surface area contributed by atoms with Crippen LogP contribution in [0.2, 0.25) is 0 Å². The van der Waals surface area contributed by atoms with Crippen LogP contribution in [0.5, 0.6) is 5.75 Å². The summed E-state index contributed by atoms with van der Waals surface area (Å²) in [5, 5.41) is 0. The lowest BCUT2D eigenvalue weighted by molar-refractivity contribution is -0.136. The summed E-state index contributed by atoms with van der Waals surface area (Å²) in [4.78, 5) is 35.9. The molecule has 2 amide bonds. The van der Waals surface area contributed by atoms with Crippen LogP contribution < -0.4 is 14.5 Å². The highest BCUT2D eigenvalue weighted by molar-refractivity contribution is 6.01. The molecule has 1 aromatic heterocycles. The Balaban J connectivity index is 1.41. The number of aryl methyl sites for hydroxylation is 1. The minimum absolute atomic E-state index is 0.0284. The third kappa shape index (κ3) is 3.90. The molecule has 7 heteroatoms. The number of carbonyl (C=O) groups is 2. The number of hydrogen-bond acceptors (Lipinski definition) is 5. The van der Waals surface area contributed by atoms with Gasteiger partial charge in [-0.25, -0.2) is 4.98 Å². The van der Waals surface area contributed by atoms with E-state index in [1.54, 1.807) is 18.2 Å². The van der Waals surface area contributed by atoms with Gasteiger partial charge in [-0.3, -0.25) is 9.59 Å². The second-order valence-corrected chi connectivity index (χ2v) is 7.58. The van der Waals surface area contributed by atoms with Crippen LogP contribution in [0, 0.1) is 12.8 Å². The lowest BCUT2D eigenvalue weighted by atomic mass is 10.1. The minimum atomic E-state index is -0.311. The van der Waals surface area contributed by atoms with Gasteiger partial charge in [-0.2, -0.15) is 0 Å². The van der Waals surface area contributed by atoms with Crippen molar-refractivity contribution in [2.45, 2.75) is 13.3 Å². The van der Waals surface area contributed by atoms with E-state index in [0.29, 0.717) is 25.4 Å². The van der Waals surface area contributed by atoms with Gasteiger partial charge in [0.2, 0.25) is 11.8 Å². The van der Waals surface area contributed by atoms with Crippen molar-refractivity contribution in [2.24, 2.45) is 5.92 Å². The van der Waals surface area contributed by atoms with Crippen molar-refractivity contribution in [1.82, 2.24) is 9.88 Å². The van der Waals surface area contributed by atoms with Gasteiger partial charge < -0.3 is 19.4 Å². The van der Waals surface area contributed by atoms with Crippen molar-refractivity contribution in [3.8, 4) is 5.75 Å². The first kappa shape index (κ1) is 19.2. The van der Waals surface area contributed by atoms with Crippen LogP contribution in [0.15, 0.2) is 42.6 Å². The Morgan fingerprint density at radius 1 is 1.14 bits per heavy atom. The minimum Gasteiger partial charge on any atom is -0.495 e. The molecule has 0 radical (unpaired) electrons.